The molecule has 0 radical (unpaired) electrons. The van der Waals surface area contributed by atoms with Crippen molar-refractivity contribution >= 4 is 11.9 Å². The van der Waals surface area contributed by atoms with Crippen molar-refractivity contribution in [3.8, 4) is 11.3 Å². The first-order valence-corrected chi connectivity index (χ1v) is 7.60. The zero-order chi connectivity index (χ0) is 16.7. The Morgan fingerprint density at radius 2 is 2.00 bits per heavy atom. The van der Waals surface area contributed by atoms with Gasteiger partial charge in [-0.25, -0.2) is 4.98 Å². The van der Waals surface area contributed by atoms with E-state index < -0.39 is 5.97 Å². The first-order valence-electron chi connectivity index (χ1n) is 7.60. The van der Waals surface area contributed by atoms with Crippen LogP contribution in [0, 0.1) is 0 Å². The number of carboxylic acids is 1. The summed E-state index contributed by atoms with van der Waals surface area (Å²) in [6.07, 6.45) is 2.89. The van der Waals surface area contributed by atoms with E-state index in [2.05, 4.69) is 4.98 Å². The summed E-state index contributed by atoms with van der Waals surface area (Å²) in [7, 11) is 0. The molecule has 0 saturated carbocycles. The molecule has 23 heavy (non-hydrogen) atoms. The minimum Gasteiger partial charge on any atom is -0.480 e. The zero-order valence-electron chi connectivity index (χ0n) is 13.1. The van der Waals surface area contributed by atoms with Crippen LogP contribution in [-0.4, -0.2) is 40.0 Å². The van der Waals surface area contributed by atoms with Crippen molar-refractivity contribution in [2.75, 3.05) is 13.1 Å². The number of rotatable bonds is 8. The molecular weight excluding hydrogens is 296 g/mol. The average Bonchev–Trinajstić information content (AvgIpc) is 3.01. The molecule has 0 aliphatic heterocycles. The molecule has 1 aromatic carbocycles. The Labute approximate surface area is 134 Å². The lowest BCUT2D eigenvalue weighted by Gasteiger charge is -2.19. The van der Waals surface area contributed by atoms with Gasteiger partial charge in [0, 0.05) is 24.9 Å². The minimum absolute atomic E-state index is 0.183. The zero-order valence-corrected chi connectivity index (χ0v) is 13.1. The summed E-state index contributed by atoms with van der Waals surface area (Å²) >= 11 is 0. The number of oxazole rings is 1. The van der Waals surface area contributed by atoms with Crippen LogP contribution >= 0.6 is 0 Å². The van der Waals surface area contributed by atoms with E-state index >= 15 is 0 Å². The lowest BCUT2D eigenvalue weighted by atomic mass is 10.2. The first kappa shape index (κ1) is 16.7. The van der Waals surface area contributed by atoms with E-state index in [9.17, 15) is 9.59 Å². The molecule has 0 aliphatic rings. The van der Waals surface area contributed by atoms with Gasteiger partial charge in [-0.15, -0.1) is 0 Å². The molecular formula is C17H20N2O4. The van der Waals surface area contributed by atoms with E-state index in [1.165, 1.54) is 4.90 Å². The highest BCUT2D eigenvalue weighted by Crippen LogP contribution is 2.20. The molecule has 1 aromatic heterocycles. The van der Waals surface area contributed by atoms with E-state index in [1.54, 1.807) is 6.20 Å². The highest BCUT2D eigenvalue weighted by atomic mass is 16.4. The van der Waals surface area contributed by atoms with Gasteiger partial charge in [-0.05, 0) is 6.42 Å². The number of aliphatic carboxylic acids is 1. The van der Waals surface area contributed by atoms with Crippen LogP contribution in [0.2, 0.25) is 0 Å². The van der Waals surface area contributed by atoms with Crippen molar-refractivity contribution < 1.29 is 19.1 Å². The lowest BCUT2D eigenvalue weighted by molar-refractivity contribution is -0.144. The standard InChI is InChI=1S/C17H20N2O4/c1-2-10-19(12-17(21)22)16(20)9-8-15-18-11-14(23-15)13-6-4-3-5-7-13/h3-7,11H,2,8-10,12H2,1H3,(H,21,22). The number of benzene rings is 1. The lowest BCUT2D eigenvalue weighted by Crippen LogP contribution is -2.36. The van der Waals surface area contributed by atoms with Gasteiger partial charge >= 0.3 is 5.97 Å². The molecule has 1 N–H and O–H groups in total. The van der Waals surface area contributed by atoms with Gasteiger partial charge in [-0.3, -0.25) is 9.59 Å². The van der Waals surface area contributed by atoms with Gasteiger partial charge in [-0.2, -0.15) is 0 Å². The molecule has 0 aliphatic carbocycles. The number of aromatic nitrogens is 1. The van der Waals surface area contributed by atoms with Crippen LogP contribution < -0.4 is 0 Å². The molecule has 0 unspecified atom stereocenters. The van der Waals surface area contributed by atoms with E-state index in [1.807, 2.05) is 37.3 Å². The topological polar surface area (TPSA) is 83.6 Å². The van der Waals surface area contributed by atoms with Crippen LogP contribution in [0.1, 0.15) is 25.7 Å². The Morgan fingerprint density at radius 1 is 1.26 bits per heavy atom. The fraction of sp³-hybridized carbons (Fsp3) is 0.353. The third kappa shape index (κ3) is 4.95. The second kappa shape index (κ2) is 8.12. The summed E-state index contributed by atoms with van der Waals surface area (Å²) in [6.45, 7) is 2.07. The summed E-state index contributed by atoms with van der Waals surface area (Å²) < 4.78 is 5.64. The highest BCUT2D eigenvalue weighted by Gasteiger charge is 2.17. The predicted octanol–water partition coefficient (Wildman–Crippen LogP) is 2.60. The van der Waals surface area contributed by atoms with Gasteiger partial charge in [0.1, 0.15) is 6.54 Å². The maximum absolute atomic E-state index is 12.1. The SMILES string of the molecule is CCCN(CC(=O)O)C(=O)CCc1ncc(-c2ccccc2)o1. The fourth-order valence-corrected chi connectivity index (χ4v) is 2.26. The number of aryl methyl sites for hydroxylation is 1. The number of carbonyl (C=O) groups is 2. The molecule has 0 fully saturated rings. The Morgan fingerprint density at radius 3 is 2.65 bits per heavy atom. The van der Waals surface area contributed by atoms with Crippen LogP contribution in [0.5, 0.6) is 0 Å². The van der Waals surface area contributed by atoms with Crippen molar-refractivity contribution in [3.05, 3.63) is 42.4 Å². The van der Waals surface area contributed by atoms with Gasteiger partial charge in [0.05, 0.1) is 6.20 Å². The summed E-state index contributed by atoms with van der Waals surface area (Å²) in [5.74, 6) is -0.0732. The Balaban J connectivity index is 1.93. The van der Waals surface area contributed by atoms with Crippen molar-refractivity contribution in [2.45, 2.75) is 26.2 Å². The molecule has 2 rings (SSSR count). The largest absolute Gasteiger partial charge is 0.480 e. The summed E-state index contributed by atoms with van der Waals surface area (Å²) in [4.78, 5) is 28.4. The Bertz CT molecular complexity index is 652. The molecule has 0 spiro atoms. The molecule has 1 heterocycles. The molecule has 0 atom stereocenters. The third-order valence-electron chi connectivity index (χ3n) is 3.34. The summed E-state index contributed by atoms with van der Waals surface area (Å²) in [5, 5.41) is 8.85. The van der Waals surface area contributed by atoms with Crippen molar-refractivity contribution in [1.82, 2.24) is 9.88 Å². The predicted molar refractivity (Wildman–Crippen MR) is 84.8 cm³/mol. The molecule has 0 bridgehead atoms. The summed E-state index contributed by atoms with van der Waals surface area (Å²) in [5.41, 5.74) is 0.927. The Hall–Kier alpha value is -2.63. The fourth-order valence-electron chi connectivity index (χ4n) is 2.26. The summed E-state index contributed by atoms with van der Waals surface area (Å²) in [6, 6.07) is 9.59. The quantitative estimate of drug-likeness (QED) is 0.809. The van der Waals surface area contributed by atoms with E-state index in [0.29, 0.717) is 24.6 Å². The number of hydrogen-bond donors (Lipinski definition) is 1. The molecule has 122 valence electrons. The van der Waals surface area contributed by atoms with Gasteiger partial charge in [0.2, 0.25) is 5.91 Å². The molecule has 2 aromatic rings. The number of carbonyl (C=O) groups excluding carboxylic acids is 1. The third-order valence-corrected chi connectivity index (χ3v) is 3.34. The molecule has 0 saturated heterocycles. The monoisotopic (exact) mass is 316 g/mol. The number of carboxylic acid groups (broad SMARTS) is 1. The maximum Gasteiger partial charge on any atom is 0.323 e. The van der Waals surface area contributed by atoms with Crippen molar-refractivity contribution in [3.63, 3.8) is 0 Å². The van der Waals surface area contributed by atoms with Gasteiger partial charge in [0.25, 0.3) is 0 Å². The Kier molecular flexibility index (Phi) is 5.91. The van der Waals surface area contributed by atoms with Crippen LogP contribution in [0.4, 0.5) is 0 Å². The molecule has 1 amide bonds. The highest BCUT2D eigenvalue weighted by molar-refractivity contribution is 5.81. The van der Waals surface area contributed by atoms with Crippen LogP contribution in [-0.2, 0) is 16.0 Å². The van der Waals surface area contributed by atoms with E-state index in [4.69, 9.17) is 9.52 Å². The molecule has 6 nitrogen and oxygen atoms in total. The van der Waals surface area contributed by atoms with Crippen molar-refractivity contribution in [2.24, 2.45) is 0 Å². The maximum atomic E-state index is 12.1. The van der Waals surface area contributed by atoms with Crippen molar-refractivity contribution in [1.29, 1.82) is 0 Å². The average molecular weight is 316 g/mol. The van der Waals surface area contributed by atoms with Crippen LogP contribution in [0.25, 0.3) is 11.3 Å². The van der Waals surface area contributed by atoms with Crippen LogP contribution in [0.15, 0.2) is 40.9 Å². The number of amides is 1. The van der Waals surface area contributed by atoms with Gasteiger partial charge in [0.15, 0.2) is 11.7 Å². The molecule has 6 heteroatoms. The van der Waals surface area contributed by atoms with E-state index in [0.717, 1.165) is 12.0 Å². The van der Waals surface area contributed by atoms with E-state index in [-0.39, 0.29) is 18.9 Å². The smallest absolute Gasteiger partial charge is 0.323 e. The normalized spacial score (nSPS) is 10.5. The minimum atomic E-state index is -1.01. The first-order chi connectivity index (χ1) is 11.1. The van der Waals surface area contributed by atoms with Gasteiger partial charge < -0.3 is 14.4 Å². The second-order valence-corrected chi connectivity index (χ2v) is 5.19. The number of nitrogens with zero attached hydrogens (tertiary/aromatic N) is 2. The van der Waals surface area contributed by atoms with Crippen LogP contribution in [0.3, 0.4) is 0 Å². The second-order valence-electron chi connectivity index (χ2n) is 5.19. The van der Waals surface area contributed by atoms with Gasteiger partial charge in [-0.1, -0.05) is 37.3 Å². The number of hydrogen-bond acceptors (Lipinski definition) is 4.